The van der Waals surface area contributed by atoms with E-state index in [1.54, 1.807) is 0 Å². The molecule has 1 saturated heterocycles. The number of nitrogens with one attached hydrogen (secondary N) is 2. The maximum atomic E-state index is 12.8. The molecule has 0 unspecified atom stereocenters. The monoisotopic (exact) mass is 310 g/mol. The van der Waals surface area contributed by atoms with Crippen molar-refractivity contribution >= 4 is 11.6 Å². The Morgan fingerprint density at radius 3 is 2.74 bits per heavy atom. The maximum Gasteiger partial charge on any atom is 0.255 e. The summed E-state index contributed by atoms with van der Waals surface area (Å²) in [5, 5.41) is 15.5. The number of anilines is 1. The highest BCUT2D eigenvalue weighted by atomic mass is 16.3. The molecular formula is C19H22N2O2. The molecule has 3 rings (SSSR count). The lowest BCUT2D eigenvalue weighted by atomic mass is 9.93. The van der Waals surface area contributed by atoms with Crippen molar-refractivity contribution in [1.82, 2.24) is 5.32 Å². The molecular weight excluding hydrogens is 288 g/mol. The van der Waals surface area contributed by atoms with E-state index in [0.717, 1.165) is 41.9 Å². The molecule has 1 atom stereocenters. The SMILES string of the molecule is O=C(Nc1ccccc1CCO)c1ccccc1[C@@H]1CCNC1. The molecule has 1 heterocycles. The van der Waals surface area contributed by atoms with Crippen LogP contribution in [0.25, 0.3) is 0 Å². The number of amides is 1. The minimum absolute atomic E-state index is 0.0667. The highest BCUT2D eigenvalue weighted by Crippen LogP contribution is 2.26. The van der Waals surface area contributed by atoms with Crippen LogP contribution in [0.2, 0.25) is 0 Å². The summed E-state index contributed by atoms with van der Waals surface area (Å²) in [5.41, 5.74) is 3.56. The molecule has 0 spiro atoms. The van der Waals surface area contributed by atoms with Crippen molar-refractivity contribution in [3.63, 3.8) is 0 Å². The van der Waals surface area contributed by atoms with Gasteiger partial charge in [0.05, 0.1) is 0 Å². The third-order valence-electron chi connectivity index (χ3n) is 4.35. The second kappa shape index (κ2) is 7.40. The van der Waals surface area contributed by atoms with Gasteiger partial charge >= 0.3 is 0 Å². The number of para-hydroxylation sites is 1. The Kier molecular flexibility index (Phi) is 5.05. The Balaban J connectivity index is 1.84. The van der Waals surface area contributed by atoms with Gasteiger partial charge < -0.3 is 15.7 Å². The van der Waals surface area contributed by atoms with Gasteiger partial charge in [-0.15, -0.1) is 0 Å². The van der Waals surface area contributed by atoms with E-state index in [2.05, 4.69) is 10.6 Å². The molecule has 0 aliphatic carbocycles. The first kappa shape index (κ1) is 15.7. The number of aliphatic hydroxyl groups is 1. The van der Waals surface area contributed by atoms with E-state index in [0.29, 0.717) is 12.3 Å². The zero-order valence-corrected chi connectivity index (χ0v) is 13.1. The summed E-state index contributed by atoms with van der Waals surface area (Å²) >= 11 is 0. The zero-order chi connectivity index (χ0) is 16.1. The molecule has 1 aliphatic heterocycles. The molecule has 2 aromatic carbocycles. The molecule has 4 heteroatoms. The van der Waals surface area contributed by atoms with Gasteiger partial charge in [-0.2, -0.15) is 0 Å². The minimum Gasteiger partial charge on any atom is -0.396 e. The normalized spacial score (nSPS) is 17.2. The van der Waals surface area contributed by atoms with E-state index in [1.165, 1.54) is 0 Å². The fourth-order valence-electron chi connectivity index (χ4n) is 3.15. The summed E-state index contributed by atoms with van der Waals surface area (Å²) in [6.45, 7) is 1.99. The highest BCUT2D eigenvalue weighted by Gasteiger charge is 2.22. The van der Waals surface area contributed by atoms with Gasteiger partial charge in [0.25, 0.3) is 5.91 Å². The highest BCUT2D eigenvalue weighted by molar-refractivity contribution is 6.05. The van der Waals surface area contributed by atoms with Gasteiger partial charge in [-0.25, -0.2) is 0 Å². The van der Waals surface area contributed by atoms with Crippen molar-refractivity contribution in [2.24, 2.45) is 0 Å². The van der Waals surface area contributed by atoms with Gasteiger partial charge in [-0.1, -0.05) is 36.4 Å². The summed E-state index contributed by atoms with van der Waals surface area (Å²) in [6, 6.07) is 15.4. The Morgan fingerprint density at radius 2 is 1.96 bits per heavy atom. The Hall–Kier alpha value is -2.17. The predicted octanol–water partition coefficient (Wildman–Crippen LogP) is 2.55. The average molecular weight is 310 g/mol. The van der Waals surface area contributed by atoms with Crippen LogP contribution in [-0.4, -0.2) is 30.7 Å². The van der Waals surface area contributed by atoms with Crippen LogP contribution in [-0.2, 0) is 6.42 Å². The number of hydrogen-bond donors (Lipinski definition) is 3. The number of carbonyl (C=O) groups excluding carboxylic acids is 1. The first-order valence-corrected chi connectivity index (χ1v) is 8.09. The third-order valence-corrected chi connectivity index (χ3v) is 4.35. The largest absolute Gasteiger partial charge is 0.396 e. The van der Waals surface area contributed by atoms with Crippen molar-refractivity contribution in [2.45, 2.75) is 18.8 Å². The van der Waals surface area contributed by atoms with Crippen LogP contribution in [0.3, 0.4) is 0 Å². The van der Waals surface area contributed by atoms with Crippen molar-refractivity contribution < 1.29 is 9.90 Å². The average Bonchev–Trinajstić information content (AvgIpc) is 3.11. The van der Waals surface area contributed by atoms with E-state index in [1.807, 2.05) is 48.5 Å². The van der Waals surface area contributed by atoms with Gasteiger partial charge in [-0.3, -0.25) is 4.79 Å². The standard InChI is InChI=1S/C19H22N2O2/c22-12-10-14-5-1-4-8-18(14)21-19(23)17-7-3-2-6-16(17)15-9-11-20-13-15/h1-8,15,20,22H,9-13H2,(H,21,23)/t15-/m1/s1. The van der Waals surface area contributed by atoms with Crippen molar-refractivity contribution in [3.8, 4) is 0 Å². The zero-order valence-electron chi connectivity index (χ0n) is 13.1. The predicted molar refractivity (Wildman–Crippen MR) is 91.9 cm³/mol. The third kappa shape index (κ3) is 3.60. The van der Waals surface area contributed by atoms with Crippen LogP contribution in [0.4, 0.5) is 5.69 Å². The quantitative estimate of drug-likeness (QED) is 0.795. The lowest BCUT2D eigenvalue weighted by molar-refractivity contribution is 0.102. The van der Waals surface area contributed by atoms with Crippen LogP contribution in [0.15, 0.2) is 48.5 Å². The number of carbonyl (C=O) groups is 1. The van der Waals surface area contributed by atoms with Gasteiger partial charge in [-0.05, 0) is 48.6 Å². The Labute approximate surface area is 136 Å². The smallest absolute Gasteiger partial charge is 0.255 e. The molecule has 3 N–H and O–H groups in total. The molecule has 1 amide bonds. The molecule has 1 fully saturated rings. The topological polar surface area (TPSA) is 61.4 Å². The fourth-order valence-corrected chi connectivity index (χ4v) is 3.15. The maximum absolute atomic E-state index is 12.8. The number of benzene rings is 2. The lowest BCUT2D eigenvalue weighted by Gasteiger charge is -2.16. The second-order valence-corrected chi connectivity index (χ2v) is 5.86. The molecule has 4 nitrogen and oxygen atoms in total. The Bertz CT molecular complexity index is 679. The molecule has 1 aliphatic rings. The van der Waals surface area contributed by atoms with Crippen molar-refractivity contribution in [1.29, 1.82) is 0 Å². The first-order chi connectivity index (χ1) is 11.3. The summed E-state index contributed by atoms with van der Waals surface area (Å²) < 4.78 is 0. The summed E-state index contributed by atoms with van der Waals surface area (Å²) in [6.07, 6.45) is 1.59. The fraction of sp³-hybridized carbons (Fsp3) is 0.316. The second-order valence-electron chi connectivity index (χ2n) is 5.86. The van der Waals surface area contributed by atoms with E-state index in [-0.39, 0.29) is 12.5 Å². The molecule has 2 aromatic rings. The van der Waals surface area contributed by atoms with Crippen LogP contribution in [0, 0.1) is 0 Å². The molecule has 0 bridgehead atoms. The van der Waals surface area contributed by atoms with Gasteiger partial charge in [0, 0.05) is 24.4 Å². The molecule has 0 saturated carbocycles. The van der Waals surface area contributed by atoms with E-state index in [9.17, 15) is 4.79 Å². The van der Waals surface area contributed by atoms with Crippen LogP contribution in [0.1, 0.15) is 33.8 Å². The number of rotatable bonds is 5. The van der Waals surface area contributed by atoms with E-state index < -0.39 is 0 Å². The molecule has 0 aromatic heterocycles. The lowest BCUT2D eigenvalue weighted by Crippen LogP contribution is -2.18. The Morgan fingerprint density at radius 1 is 1.17 bits per heavy atom. The molecule has 0 radical (unpaired) electrons. The van der Waals surface area contributed by atoms with E-state index >= 15 is 0 Å². The number of aliphatic hydroxyl groups excluding tert-OH is 1. The van der Waals surface area contributed by atoms with Gasteiger partial charge in [0.1, 0.15) is 0 Å². The van der Waals surface area contributed by atoms with E-state index in [4.69, 9.17) is 5.11 Å². The molecule has 23 heavy (non-hydrogen) atoms. The summed E-state index contributed by atoms with van der Waals surface area (Å²) in [4.78, 5) is 12.8. The number of hydrogen-bond acceptors (Lipinski definition) is 3. The summed E-state index contributed by atoms with van der Waals surface area (Å²) in [7, 11) is 0. The van der Waals surface area contributed by atoms with Crippen LogP contribution in [0.5, 0.6) is 0 Å². The van der Waals surface area contributed by atoms with Crippen LogP contribution >= 0.6 is 0 Å². The molecule has 120 valence electrons. The van der Waals surface area contributed by atoms with Crippen molar-refractivity contribution in [3.05, 3.63) is 65.2 Å². The van der Waals surface area contributed by atoms with Crippen molar-refractivity contribution in [2.75, 3.05) is 25.0 Å². The van der Waals surface area contributed by atoms with Gasteiger partial charge in [0.2, 0.25) is 0 Å². The van der Waals surface area contributed by atoms with Crippen LogP contribution < -0.4 is 10.6 Å². The minimum atomic E-state index is -0.0853. The van der Waals surface area contributed by atoms with Gasteiger partial charge in [0.15, 0.2) is 0 Å². The first-order valence-electron chi connectivity index (χ1n) is 8.09. The summed E-state index contributed by atoms with van der Waals surface area (Å²) in [5.74, 6) is 0.308.